The molecule has 106 heavy (non-hydrogen) atoms. The smallest absolute Gasteiger partial charge is 0.411 e. The van der Waals surface area contributed by atoms with E-state index >= 15 is 61.5 Å². The topological polar surface area (TPSA) is 114 Å². The minimum atomic E-state index is -6.96. The Hall–Kier alpha value is -11.0. The highest BCUT2D eigenvalue weighted by Gasteiger charge is 2.72. The Kier molecular flexibility index (Phi) is 20.4. The lowest BCUT2D eigenvalue weighted by Crippen LogP contribution is -2.54. The molecule has 0 bridgehead atoms. The van der Waals surface area contributed by atoms with Crippen molar-refractivity contribution >= 4 is 25.8 Å². The van der Waals surface area contributed by atoms with Crippen LogP contribution in [0.25, 0.3) is 6.08 Å². The molecule has 1 atom stereocenters. The average Bonchev–Trinajstić information content (AvgIpc) is 0.724. The number of ether oxygens (including phenoxy) is 5. The van der Waals surface area contributed by atoms with Crippen molar-refractivity contribution in [1.82, 2.24) is 0 Å². The van der Waals surface area contributed by atoms with Gasteiger partial charge in [-0.1, -0.05) is 73.3 Å². The number of methoxy groups -OCH3 is 1. The van der Waals surface area contributed by atoms with Crippen LogP contribution in [0.3, 0.4) is 0 Å². The molecule has 0 aliphatic carbocycles. The second-order valence-electron chi connectivity index (χ2n) is 22.3. The number of rotatable bonds is 19. The Balaban J connectivity index is 0.972. The summed E-state index contributed by atoms with van der Waals surface area (Å²) in [4.78, 5) is -11.5. The van der Waals surface area contributed by atoms with E-state index in [1.165, 1.54) is 6.92 Å². The number of halogens is 26. The number of hydrogen-bond donors (Lipinski definition) is 0. The maximum Gasteiger partial charge on any atom is 0.411 e. The summed E-state index contributed by atoms with van der Waals surface area (Å²) in [7, 11) is -12.5. The molecule has 10 aromatic carbocycles. The minimum Gasteiger partial charge on any atom is -0.497 e. The zero-order valence-electron chi connectivity index (χ0n) is 52.1. The first-order valence-corrected chi connectivity index (χ1v) is 31.7. The van der Waals surface area contributed by atoms with Crippen LogP contribution in [0.15, 0.2) is 147 Å². The summed E-state index contributed by atoms with van der Waals surface area (Å²) in [5.74, 6) is -65.6. The highest BCUT2D eigenvalue weighted by Crippen LogP contribution is 2.57. The van der Waals surface area contributed by atoms with Crippen LogP contribution in [0.2, 0.25) is 0 Å². The molecule has 0 amide bonds. The lowest BCUT2D eigenvalue weighted by atomic mass is 9.71. The first-order valence-electron chi connectivity index (χ1n) is 28.7. The lowest BCUT2D eigenvalue weighted by molar-refractivity contribution is -0.288. The van der Waals surface area contributed by atoms with E-state index in [1.54, 1.807) is 0 Å². The van der Waals surface area contributed by atoms with Crippen molar-refractivity contribution in [3.05, 3.63) is 283 Å². The second kappa shape index (κ2) is 27.8. The normalized spacial score (nSPS) is 12.8. The highest BCUT2D eigenvalue weighted by atomic mass is 32.2. The van der Waals surface area contributed by atoms with Crippen molar-refractivity contribution in [3.63, 3.8) is 0 Å². The molecule has 9 nitrogen and oxygen atoms in total. The fraction of sp³-hybridized carbons (Fsp3) is 0.101. The molecule has 1 unspecified atom stereocenters. The molecule has 0 aliphatic rings. The molecule has 556 valence electrons. The first kappa shape index (κ1) is 77.6. The SMILES string of the molecule is C=Cc1c(F)c(F)c(Oc2ccc(C(C)(c3ccc(Oc4c(F)c(F)c(S(=O)(=O)c5c(F)c(F)c(C)c(F)c5F)c(F)c4F)cc3)c3ccc(Oc4c(F)c(F)c(S(=O)(=O)c5c(F)c(F)c(Oc6ccc(C(c7ccc(OC)cc7)(C(F)(F)F)C(F)(F)F)cc6)c(F)c5F)c(F)c4F)cc3)cc2)c(F)c1F. The van der Waals surface area contributed by atoms with Crippen molar-refractivity contribution in [2.45, 2.75) is 56.6 Å². The summed E-state index contributed by atoms with van der Waals surface area (Å²) >= 11 is 0. The molecular weight excluding hydrogens is 1530 g/mol. The van der Waals surface area contributed by atoms with Gasteiger partial charge in [-0.3, -0.25) is 0 Å². The fourth-order valence-electron chi connectivity index (χ4n) is 10.9. The Morgan fingerprint density at radius 1 is 0.302 bits per heavy atom. The zero-order valence-corrected chi connectivity index (χ0v) is 53.8. The van der Waals surface area contributed by atoms with Gasteiger partial charge in [0.15, 0.2) is 69.8 Å². The number of alkyl halides is 6. The van der Waals surface area contributed by atoms with E-state index in [0.29, 0.717) is 25.1 Å². The number of sulfone groups is 2. The van der Waals surface area contributed by atoms with Gasteiger partial charge < -0.3 is 23.7 Å². The standard InChI is InChI=1S/C69H32F26O9S2/c1-5-37-40(72)42(74)58(43(75)41(37)73)101-33-18-6-27(7-19-33)66(3,28-8-20-34(21-9-28)102-59-44(76)52(84)63(53(85)45(59)77)105(96,97)62-50(82)38(70)26(2)39(71)51(62)83)29-10-22-35(23-11-29)103-60-46(78)54(86)64(55(87)47(60)79)106(98,99)65-56(88)48(80)61(49(81)57(65)89)104-36-24-14-31(15-25-36)67(68(90,91)92,69(93,94)95)30-12-16-32(100-4)17-13-30/h5-25H,1H2,2-4H3. The van der Waals surface area contributed by atoms with Crippen LogP contribution in [0.1, 0.15) is 45.9 Å². The van der Waals surface area contributed by atoms with Gasteiger partial charge in [-0.25, -0.2) is 69.5 Å². The minimum absolute atomic E-state index is 0.0302. The maximum absolute atomic E-state index is 16.0. The van der Waals surface area contributed by atoms with E-state index in [-0.39, 0.29) is 46.7 Å². The molecule has 0 N–H and O–H groups in total. The summed E-state index contributed by atoms with van der Waals surface area (Å²) in [5, 5.41) is 0. The number of benzene rings is 10. The van der Waals surface area contributed by atoms with Gasteiger partial charge in [-0.2, -0.15) is 61.5 Å². The predicted molar refractivity (Wildman–Crippen MR) is 315 cm³/mol. The molecule has 37 heteroatoms. The van der Waals surface area contributed by atoms with Gasteiger partial charge in [0.1, 0.15) is 48.3 Å². The van der Waals surface area contributed by atoms with E-state index in [2.05, 4.69) is 11.3 Å². The van der Waals surface area contributed by atoms with Gasteiger partial charge in [0.2, 0.25) is 94.6 Å². The molecule has 0 saturated heterocycles. The fourth-order valence-corrected chi connectivity index (χ4v) is 14.0. The van der Waals surface area contributed by atoms with Crippen LogP contribution in [0.4, 0.5) is 114 Å². The van der Waals surface area contributed by atoms with Crippen molar-refractivity contribution in [3.8, 4) is 51.7 Å². The Bertz CT molecular complexity index is 5330. The van der Waals surface area contributed by atoms with Gasteiger partial charge in [0, 0.05) is 11.0 Å². The predicted octanol–water partition coefficient (Wildman–Crippen LogP) is 21.0. The van der Waals surface area contributed by atoms with Gasteiger partial charge in [-0.05, 0) is 102 Å². The van der Waals surface area contributed by atoms with Gasteiger partial charge in [0.25, 0.3) is 0 Å². The van der Waals surface area contributed by atoms with Crippen LogP contribution in [0, 0.1) is 123 Å². The third-order valence-corrected chi connectivity index (χ3v) is 19.9. The summed E-state index contributed by atoms with van der Waals surface area (Å²) in [5.41, 5.74) is -12.7. The molecule has 0 aliphatic heterocycles. The molecule has 0 radical (unpaired) electrons. The number of hydrogen-bond acceptors (Lipinski definition) is 9. The molecule has 10 rings (SSSR count). The van der Waals surface area contributed by atoms with Crippen molar-refractivity contribution in [2.75, 3.05) is 7.11 Å². The molecule has 10 aromatic rings. The largest absolute Gasteiger partial charge is 0.497 e. The molecule has 0 aromatic heterocycles. The molecular formula is C69H32F26O9S2. The Labute approximate surface area is 577 Å². The van der Waals surface area contributed by atoms with Crippen LogP contribution in [-0.2, 0) is 30.5 Å². The maximum atomic E-state index is 16.0. The first-order chi connectivity index (χ1) is 49.4. The molecule has 0 saturated carbocycles. The van der Waals surface area contributed by atoms with E-state index in [9.17, 15) is 69.5 Å². The second-order valence-corrected chi connectivity index (χ2v) is 25.9. The van der Waals surface area contributed by atoms with Crippen LogP contribution >= 0.6 is 0 Å². The van der Waals surface area contributed by atoms with Gasteiger partial charge in [-0.15, -0.1) is 0 Å². The Morgan fingerprint density at radius 2 is 0.500 bits per heavy atom. The van der Waals surface area contributed by atoms with E-state index in [1.807, 2.05) is 0 Å². The van der Waals surface area contributed by atoms with Gasteiger partial charge >= 0.3 is 12.4 Å². The third-order valence-electron chi connectivity index (χ3n) is 16.4. The molecule has 0 spiro atoms. The summed E-state index contributed by atoms with van der Waals surface area (Å²) < 4.78 is 474. The third kappa shape index (κ3) is 12.5. The summed E-state index contributed by atoms with van der Waals surface area (Å²) in [6.07, 6.45) is -12.0. The Morgan fingerprint density at radius 3 is 0.708 bits per heavy atom. The monoisotopic (exact) mass is 1560 g/mol. The summed E-state index contributed by atoms with van der Waals surface area (Å²) in [6.45, 7) is 4.78. The van der Waals surface area contributed by atoms with Crippen LogP contribution < -0.4 is 23.7 Å². The highest BCUT2D eigenvalue weighted by molar-refractivity contribution is 7.91. The van der Waals surface area contributed by atoms with Gasteiger partial charge in [0.05, 0.1) is 12.7 Å². The van der Waals surface area contributed by atoms with Crippen LogP contribution in [0.5, 0.6) is 51.7 Å². The quantitative estimate of drug-likeness (QED) is 0.0443. The lowest BCUT2D eigenvalue weighted by Gasteiger charge is -2.38. The van der Waals surface area contributed by atoms with E-state index in [4.69, 9.17) is 18.9 Å². The molecule has 0 heterocycles. The zero-order chi connectivity index (χ0) is 78.5. The van der Waals surface area contributed by atoms with E-state index < -0.39 is 247 Å². The van der Waals surface area contributed by atoms with Crippen molar-refractivity contribution < 1.29 is 155 Å². The van der Waals surface area contributed by atoms with Crippen molar-refractivity contribution in [2.24, 2.45) is 0 Å². The summed E-state index contributed by atoms with van der Waals surface area (Å²) in [6, 6.07) is 13.8. The van der Waals surface area contributed by atoms with Crippen molar-refractivity contribution in [1.29, 1.82) is 0 Å². The average molecular weight is 1560 g/mol. The van der Waals surface area contributed by atoms with E-state index in [0.717, 1.165) is 92.0 Å². The molecule has 0 fully saturated rings. The van der Waals surface area contributed by atoms with Crippen LogP contribution in [-0.4, -0.2) is 36.3 Å².